The quantitative estimate of drug-likeness (QED) is 0.378. The Hall–Kier alpha value is -0.880. The van der Waals surface area contributed by atoms with Crippen molar-refractivity contribution in [3.8, 4) is 0 Å². The van der Waals surface area contributed by atoms with Crippen molar-refractivity contribution in [2.45, 2.75) is 0 Å². The van der Waals surface area contributed by atoms with Gasteiger partial charge in [0.15, 0.2) is 5.34 Å². The Bertz CT molecular complexity index is 72.1. The second-order valence-corrected chi connectivity index (χ2v) is 0.673. The van der Waals surface area contributed by atoms with Gasteiger partial charge in [-0.1, -0.05) is 0 Å². The molecule has 0 bridgehead atoms. The van der Waals surface area contributed by atoms with Gasteiger partial charge in [0, 0.05) is 0 Å². The lowest BCUT2D eigenvalue weighted by molar-refractivity contribution is -0.806. The van der Waals surface area contributed by atoms with Crippen LogP contribution in [-0.2, 0) is 4.84 Å². The molecule has 0 aromatic heterocycles. The van der Waals surface area contributed by atoms with Crippen LogP contribution in [-0.4, -0.2) is 22.7 Å². The van der Waals surface area contributed by atoms with Gasteiger partial charge in [-0.25, -0.2) is 15.3 Å². The molecule has 0 aromatic rings. The van der Waals surface area contributed by atoms with Crippen LogP contribution in [0.5, 0.6) is 0 Å². The van der Waals surface area contributed by atoms with E-state index in [4.69, 9.17) is 5.21 Å². The molecule has 1 N–H and O–H groups in total. The number of nitrogens with zero attached hydrogens (tertiary/aromatic N) is 2. The van der Waals surface area contributed by atoms with Crippen LogP contribution in [0.2, 0.25) is 0 Å². The number of rotatable bonds is 2. The lowest BCUT2D eigenvalue weighted by atomic mass is 11.7. The fraction of sp³-hybridized carbons (Fsp3) is 1.00. The van der Waals surface area contributed by atoms with E-state index in [1.54, 1.807) is 0 Å². The molecule has 7 heavy (non-hydrogen) atoms. The van der Waals surface area contributed by atoms with Gasteiger partial charge in [-0.05, 0) is 0 Å². The topological polar surface area (TPSA) is 75.8 Å². The first-order chi connectivity index (χ1) is 3.18. The van der Waals surface area contributed by atoms with E-state index < -0.39 is 10.4 Å². The molecule has 0 aliphatic rings. The van der Waals surface area contributed by atoms with Gasteiger partial charge in [-0.2, -0.15) is 4.84 Å². The number of hydrogen-bond donors (Lipinski definition) is 1. The molecule has 0 radical (unpaired) electrons. The lowest BCUT2D eigenvalue weighted by Crippen LogP contribution is -2.24. The van der Waals surface area contributed by atoms with Crippen molar-refractivity contribution in [2.75, 3.05) is 7.11 Å². The minimum Gasteiger partial charge on any atom is -0.231 e. The van der Waals surface area contributed by atoms with Crippen molar-refractivity contribution >= 4 is 0 Å². The van der Waals surface area contributed by atoms with Crippen LogP contribution in [0.15, 0.2) is 0 Å². The maximum Gasteiger partial charge on any atom is 0.216 e. The van der Waals surface area contributed by atoms with E-state index in [2.05, 4.69) is 4.84 Å². The van der Waals surface area contributed by atoms with E-state index in [1.165, 1.54) is 0 Å². The standard InChI is InChI=1S/CH4N2O4/c1-7-3(6)2(4)5/h6H,1H3. The summed E-state index contributed by atoms with van der Waals surface area (Å²) in [5.41, 5.74) is 0. The molecule has 0 atom stereocenters. The predicted molar refractivity (Wildman–Crippen MR) is 17.6 cm³/mol. The normalized spacial score (nSPS) is 8.29. The Balaban J connectivity index is 3.34. The number of hydrogen-bond acceptors (Lipinski definition) is 4. The lowest BCUT2D eigenvalue weighted by Gasteiger charge is -1.96. The average Bonchev–Trinajstić information content (AvgIpc) is 1.65. The van der Waals surface area contributed by atoms with E-state index >= 15 is 0 Å². The zero-order valence-corrected chi connectivity index (χ0v) is 3.57. The summed E-state index contributed by atoms with van der Waals surface area (Å²) < 4.78 is 0. The SMILES string of the molecule is CON(O)[N+](=O)[O-]. The summed E-state index contributed by atoms with van der Waals surface area (Å²) >= 11 is 0. The first-order valence-electron chi connectivity index (χ1n) is 1.36. The van der Waals surface area contributed by atoms with Crippen molar-refractivity contribution in [2.24, 2.45) is 0 Å². The van der Waals surface area contributed by atoms with Gasteiger partial charge in [0.2, 0.25) is 5.03 Å². The fourth-order valence-corrected chi connectivity index (χ4v) is 0.0667. The van der Waals surface area contributed by atoms with Crippen LogP contribution in [0.4, 0.5) is 0 Å². The van der Waals surface area contributed by atoms with Crippen LogP contribution in [0.25, 0.3) is 0 Å². The monoisotopic (exact) mass is 108 g/mol. The molecule has 0 aromatic carbocycles. The Labute approximate surface area is 38.9 Å². The molecule has 0 heterocycles. The molecule has 0 saturated heterocycles. The van der Waals surface area contributed by atoms with Crippen LogP contribution in [0.1, 0.15) is 0 Å². The molecule has 0 aliphatic heterocycles. The molecule has 0 amide bonds. The molecule has 42 valence electrons. The largest absolute Gasteiger partial charge is 0.231 e. The van der Waals surface area contributed by atoms with E-state index in [0.717, 1.165) is 7.11 Å². The highest BCUT2D eigenvalue weighted by Crippen LogP contribution is 1.76. The van der Waals surface area contributed by atoms with Gasteiger partial charge >= 0.3 is 0 Å². The number of nitro groups is 1. The van der Waals surface area contributed by atoms with Gasteiger partial charge in [0.1, 0.15) is 0 Å². The van der Waals surface area contributed by atoms with E-state index in [0.29, 0.717) is 0 Å². The van der Waals surface area contributed by atoms with Crippen molar-refractivity contribution in [1.82, 2.24) is 5.34 Å². The van der Waals surface area contributed by atoms with Crippen LogP contribution in [0.3, 0.4) is 0 Å². The molecule has 0 saturated carbocycles. The third kappa shape index (κ3) is 1.90. The van der Waals surface area contributed by atoms with Crippen LogP contribution in [0, 0.1) is 10.1 Å². The molecule has 0 aliphatic carbocycles. The fourth-order valence-electron chi connectivity index (χ4n) is 0.0667. The van der Waals surface area contributed by atoms with E-state index in [9.17, 15) is 10.1 Å². The maximum absolute atomic E-state index is 9.29. The molecular formula is CH4N2O4. The summed E-state index contributed by atoms with van der Waals surface area (Å²) in [6, 6.07) is 0. The first-order valence-corrected chi connectivity index (χ1v) is 1.36. The molecule has 0 unspecified atom stereocenters. The molecule has 6 heteroatoms. The summed E-state index contributed by atoms with van der Waals surface area (Å²) in [5, 5.41) is 15.5. The summed E-state index contributed by atoms with van der Waals surface area (Å²) in [5.74, 6) is 0. The summed E-state index contributed by atoms with van der Waals surface area (Å²) in [7, 11) is 0.975. The Kier molecular flexibility index (Phi) is 2.03. The zero-order chi connectivity index (χ0) is 5.86. The molecular weight excluding hydrogens is 104 g/mol. The van der Waals surface area contributed by atoms with E-state index in [1.807, 2.05) is 0 Å². The molecule has 0 rings (SSSR count). The highest BCUT2D eigenvalue weighted by Gasteiger charge is 2.04. The molecule has 0 spiro atoms. The minimum absolute atomic E-state index is 0.486. The summed E-state index contributed by atoms with van der Waals surface area (Å²) in [4.78, 5) is 13.0. The minimum atomic E-state index is -1.11. The summed E-state index contributed by atoms with van der Waals surface area (Å²) in [6.07, 6.45) is 0. The first kappa shape index (κ1) is 6.12. The zero-order valence-electron chi connectivity index (χ0n) is 3.57. The summed E-state index contributed by atoms with van der Waals surface area (Å²) in [6.45, 7) is 0. The highest BCUT2D eigenvalue weighted by molar-refractivity contribution is 3.90. The van der Waals surface area contributed by atoms with Gasteiger partial charge in [-0.3, -0.25) is 0 Å². The molecule has 0 fully saturated rings. The van der Waals surface area contributed by atoms with Crippen LogP contribution < -0.4 is 0 Å². The second-order valence-electron chi connectivity index (χ2n) is 0.673. The Morgan fingerprint density at radius 3 is 2.43 bits per heavy atom. The number of hydrazine groups is 1. The van der Waals surface area contributed by atoms with Crippen molar-refractivity contribution in [1.29, 1.82) is 0 Å². The highest BCUT2D eigenvalue weighted by atomic mass is 17.0. The predicted octanol–water partition coefficient (Wildman–Crippen LogP) is -0.569. The Morgan fingerprint density at radius 1 is 2.00 bits per heavy atom. The van der Waals surface area contributed by atoms with Gasteiger partial charge in [0.25, 0.3) is 0 Å². The third-order valence-corrected chi connectivity index (χ3v) is 0.303. The second kappa shape index (κ2) is 2.32. The Morgan fingerprint density at radius 2 is 2.43 bits per heavy atom. The smallest absolute Gasteiger partial charge is 0.216 e. The van der Waals surface area contributed by atoms with E-state index in [-0.39, 0.29) is 0 Å². The van der Waals surface area contributed by atoms with Crippen molar-refractivity contribution in [3.05, 3.63) is 10.1 Å². The van der Waals surface area contributed by atoms with Gasteiger partial charge in [-0.15, -0.1) is 0 Å². The van der Waals surface area contributed by atoms with Crippen molar-refractivity contribution in [3.63, 3.8) is 0 Å². The van der Waals surface area contributed by atoms with Crippen LogP contribution >= 0.6 is 0 Å². The average molecular weight is 108 g/mol. The van der Waals surface area contributed by atoms with Gasteiger partial charge < -0.3 is 0 Å². The van der Waals surface area contributed by atoms with Gasteiger partial charge in [0.05, 0.1) is 7.11 Å². The maximum atomic E-state index is 9.29. The molecule has 6 nitrogen and oxygen atoms in total. The third-order valence-electron chi connectivity index (χ3n) is 0.303. The van der Waals surface area contributed by atoms with Crippen molar-refractivity contribution < 1.29 is 15.1 Å².